The lowest BCUT2D eigenvalue weighted by atomic mass is 10.1. The number of methoxy groups -OCH3 is 1. The molecule has 0 heterocycles. The van der Waals surface area contributed by atoms with Crippen molar-refractivity contribution in [2.24, 2.45) is 0 Å². The van der Waals surface area contributed by atoms with Crippen LogP contribution in [-0.2, 0) is 4.74 Å². The predicted molar refractivity (Wildman–Crippen MR) is 85.1 cm³/mol. The summed E-state index contributed by atoms with van der Waals surface area (Å²) in [4.78, 5) is 14.1. The van der Waals surface area contributed by atoms with Gasteiger partial charge >= 0.3 is 0 Å². The van der Waals surface area contributed by atoms with Crippen LogP contribution in [-0.4, -0.2) is 37.6 Å². The molecule has 20 heavy (non-hydrogen) atoms. The van der Waals surface area contributed by atoms with E-state index in [-0.39, 0.29) is 11.9 Å². The maximum absolute atomic E-state index is 12.4. The molecule has 2 aromatic rings. The van der Waals surface area contributed by atoms with Gasteiger partial charge in [-0.15, -0.1) is 0 Å². The van der Waals surface area contributed by atoms with Gasteiger partial charge in [0.25, 0.3) is 5.91 Å². The van der Waals surface area contributed by atoms with Crippen molar-refractivity contribution in [1.29, 1.82) is 0 Å². The van der Waals surface area contributed by atoms with Gasteiger partial charge in [0.2, 0.25) is 0 Å². The van der Waals surface area contributed by atoms with Crippen LogP contribution in [0, 0.1) is 0 Å². The number of benzene rings is 2. The number of ether oxygens (including phenoxy) is 1. The lowest BCUT2D eigenvalue weighted by Crippen LogP contribution is -2.37. The topological polar surface area (TPSA) is 29.5 Å². The molecule has 0 bridgehead atoms. The second-order valence-electron chi connectivity index (χ2n) is 4.93. The quantitative estimate of drug-likeness (QED) is 0.852. The van der Waals surface area contributed by atoms with Gasteiger partial charge in [-0.25, -0.2) is 0 Å². The monoisotopic (exact) mass is 335 g/mol. The molecule has 1 unspecified atom stereocenters. The van der Waals surface area contributed by atoms with Crippen molar-refractivity contribution >= 4 is 32.6 Å². The molecule has 0 radical (unpaired) electrons. The van der Waals surface area contributed by atoms with Gasteiger partial charge in [0.05, 0.1) is 12.6 Å². The van der Waals surface area contributed by atoms with Crippen LogP contribution in [0.15, 0.2) is 40.9 Å². The van der Waals surface area contributed by atoms with E-state index >= 15 is 0 Å². The van der Waals surface area contributed by atoms with E-state index in [1.165, 1.54) is 0 Å². The molecule has 0 saturated carbocycles. The highest BCUT2D eigenvalue weighted by Gasteiger charge is 2.17. The Morgan fingerprint density at radius 1 is 1.25 bits per heavy atom. The molecule has 0 saturated heterocycles. The number of carbonyl (C=O) groups is 1. The van der Waals surface area contributed by atoms with Crippen LogP contribution in [0.1, 0.15) is 17.3 Å². The normalized spacial score (nSPS) is 12.4. The summed E-state index contributed by atoms with van der Waals surface area (Å²) in [7, 11) is 3.44. The summed E-state index contributed by atoms with van der Waals surface area (Å²) in [5.41, 5.74) is 0.699. The van der Waals surface area contributed by atoms with Crippen molar-refractivity contribution in [1.82, 2.24) is 4.90 Å². The fourth-order valence-electron chi connectivity index (χ4n) is 2.11. The summed E-state index contributed by atoms with van der Waals surface area (Å²) in [5, 5.41) is 2.18. The summed E-state index contributed by atoms with van der Waals surface area (Å²) in [6.07, 6.45) is 0. The number of likely N-dealkylation sites (N-methyl/N-ethyl adjacent to an activating group) is 1. The third kappa shape index (κ3) is 3.19. The van der Waals surface area contributed by atoms with Crippen LogP contribution in [0.5, 0.6) is 0 Å². The van der Waals surface area contributed by atoms with Gasteiger partial charge in [0.1, 0.15) is 0 Å². The predicted octanol–water partition coefficient (Wildman–Crippen LogP) is 3.71. The highest BCUT2D eigenvalue weighted by atomic mass is 79.9. The molecular weight excluding hydrogens is 318 g/mol. The first kappa shape index (κ1) is 15.0. The Morgan fingerprint density at radius 2 is 1.90 bits per heavy atom. The molecule has 106 valence electrons. The second-order valence-corrected chi connectivity index (χ2v) is 5.84. The maximum Gasteiger partial charge on any atom is 0.253 e. The van der Waals surface area contributed by atoms with Crippen LogP contribution < -0.4 is 0 Å². The Hall–Kier alpha value is -1.39. The van der Waals surface area contributed by atoms with E-state index in [1.54, 1.807) is 19.1 Å². The summed E-state index contributed by atoms with van der Waals surface area (Å²) in [6.45, 7) is 2.50. The molecule has 0 aliphatic carbocycles. The van der Waals surface area contributed by atoms with Crippen molar-refractivity contribution in [3.8, 4) is 0 Å². The van der Waals surface area contributed by atoms with E-state index in [0.717, 1.165) is 15.2 Å². The molecule has 0 aromatic heterocycles. The van der Waals surface area contributed by atoms with Crippen LogP contribution in [0.3, 0.4) is 0 Å². The molecule has 0 fully saturated rings. The highest BCUT2D eigenvalue weighted by Crippen LogP contribution is 2.21. The zero-order valence-corrected chi connectivity index (χ0v) is 13.5. The Labute approximate surface area is 127 Å². The lowest BCUT2D eigenvalue weighted by Gasteiger charge is -2.24. The van der Waals surface area contributed by atoms with Crippen molar-refractivity contribution < 1.29 is 9.53 Å². The zero-order valence-electron chi connectivity index (χ0n) is 11.9. The smallest absolute Gasteiger partial charge is 0.253 e. The zero-order chi connectivity index (χ0) is 14.7. The SMILES string of the molecule is COCC(C)N(C)C(=O)c1ccc2cc(Br)ccc2c1. The van der Waals surface area contributed by atoms with Crippen molar-refractivity contribution in [3.63, 3.8) is 0 Å². The fraction of sp³-hybridized carbons (Fsp3) is 0.312. The number of fused-ring (bicyclic) bond motifs is 1. The fourth-order valence-corrected chi connectivity index (χ4v) is 2.49. The minimum Gasteiger partial charge on any atom is -0.383 e. The van der Waals surface area contributed by atoms with Crippen LogP contribution in [0.4, 0.5) is 0 Å². The number of halogens is 1. The Bertz CT molecular complexity index is 627. The molecule has 2 aromatic carbocycles. The van der Waals surface area contributed by atoms with Crippen LogP contribution in [0.2, 0.25) is 0 Å². The number of carbonyl (C=O) groups excluding carboxylic acids is 1. The van der Waals surface area contributed by atoms with Gasteiger partial charge in [-0.05, 0) is 42.0 Å². The molecular formula is C16H18BrNO2. The number of rotatable bonds is 4. The third-order valence-electron chi connectivity index (χ3n) is 3.44. The minimum atomic E-state index is 0.0133. The number of amides is 1. The first-order chi connectivity index (χ1) is 9.52. The average Bonchev–Trinajstić information content (AvgIpc) is 2.45. The third-order valence-corrected chi connectivity index (χ3v) is 3.93. The van der Waals surface area contributed by atoms with Gasteiger partial charge in [0.15, 0.2) is 0 Å². The molecule has 0 aliphatic rings. The Morgan fingerprint density at radius 3 is 2.60 bits per heavy atom. The average molecular weight is 336 g/mol. The largest absolute Gasteiger partial charge is 0.383 e. The molecule has 1 amide bonds. The standard InChI is InChI=1S/C16H18BrNO2/c1-11(10-20-3)18(2)16(19)14-5-4-13-9-15(17)7-6-12(13)8-14/h4-9,11H,10H2,1-3H3. The van der Waals surface area contributed by atoms with Crippen LogP contribution >= 0.6 is 15.9 Å². The summed E-state index contributed by atoms with van der Waals surface area (Å²) in [6, 6.07) is 11.9. The Balaban J connectivity index is 2.28. The van der Waals surface area contributed by atoms with Gasteiger partial charge < -0.3 is 9.64 Å². The van der Waals surface area contributed by atoms with Crippen LogP contribution in [0.25, 0.3) is 10.8 Å². The summed E-state index contributed by atoms with van der Waals surface area (Å²) >= 11 is 3.45. The van der Waals surface area contributed by atoms with Gasteiger partial charge in [-0.3, -0.25) is 4.79 Å². The molecule has 1 atom stereocenters. The van der Waals surface area contributed by atoms with Crippen molar-refractivity contribution in [2.45, 2.75) is 13.0 Å². The van der Waals surface area contributed by atoms with E-state index in [9.17, 15) is 4.79 Å². The summed E-state index contributed by atoms with van der Waals surface area (Å²) < 4.78 is 6.13. The maximum atomic E-state index is 12.4. The van der Waals surface area contributed by atoms with Gasteiger partial charge in [-0.1, -0.05) is 28.1 Å². The van der Waals surface area contributed by atoms with E-state index in [4.69, 9.17) is 4.74 Å². The van der Waals surface area contributed by atoms with E-state index in [0.29, 0.717) is 12.2 Å². The van der Waals surface area contributed by atoms with Gasteiger partial charge in [-0.2, -0.15) is 0 Å². The Kier molecular flexibility index (Phi) is 4.78. The lowest BCUT2D eigenvalue weighted by molar-refractivity contribution is 0.0633. The molecule has 3 nitrogen and oxygen atoms in total. The van der Waals surface area contributed by atoms with E-state index < -0.39 is 0 Å². The van der Waals surface area contributed by atoms with E-state index in [1.807, 2.05) is 43.3 Å². The van der Waals surface area contributed by atoms with Gasteiger partial charge in [0, 0.05) is 24.2 Å². The molecule has 2 rings (SSSR count). The van der Waals surface area contributed by atoms with Crippen molar-refractivity contribution in [3.05, 3.63) is 46.4 Å². The van der Waals surface area contributed by atoms with E-state index in [2.05, 4.69) is 15.9 Å². The molecule has 0 spiro atoms. The molecule has 0 aliphatic heterocycles. The number of nitrogens with zero attached hydrogens (tertiary/aromatic N) is 1. The molecule has 4 heteroatoms. The first-order valence-electron chi connectivity index (χ1n) is 6.48. The van der Waals surface area contributed by atoms with Crippen molar-refractivity contribution in [2.75, 3.05) is 20.8 Å². The molecule has 0 N–H and O–H groups in total. The number of hydrogen-bond acceptors (Lipinski definition) is 2. The minimum absolute atomic E-state index is 0.0133. The summed E-state index contributed by atoms with van der Waals surface area (Å²) in [5.74, 6) is 0.0133. The first-order valence-corrected chi connectivity index (χ1v) is 7.27. The second kappa shape index (κ2) is 6.37. The highest BCUT2D eigenvalue weighted by molar-refractivity contribution is 9.10. The number of hydrogen-bond donors (Lipinski definition) is 0.